The summed E-state index contributed by atoms with van der Waals surface area (Å²) in [6.45, 7) is 0. The van der Waals surface area contributed by atoms with Gasteiger partial charge < -0.3 is 15.6 Å². The Balaban J connectivity index is 2.75. The summed E-state index contributed by atoms with van der Waals surface area (Å²) < 4.78 is 6.48. The molecule has 0 aliphatic rings. The molecule has 0 saturated heterocycles. The van der Waals surface area contributed by atoms with E-state index in [9.17, 15) is 9.90 Å². The Morgan fingerprint density at radius 2 is 2.00 bits per heavy atom. The number of anilines is 1. The Kier molecular flexibility index (Phi) is 4.90. The average molecular weight is 395 g/mol. The predicted octanol–water partition coefficient (Wildman–Crippen LogP) is 2.52. The third kappa shape index (κ3) is 3.07. The molecule has 1 atom stereocenters. The number of benzene rings is 1. The molecule has 2 aromatic rings. The minimum Gasteiger partial charge on any atom is -0.383 e. The molecule has 1 aromatic heterocycles. The largest absolute Gasteiger partial charge is 0.383 e. The molecule has 3 N–H and O–H groups in total. The lowest BCUT2D eigenvalue weighted by atomic mass is 10.2. The Labute approximate surface area is 138 Å². The lowest BCUT2D eigenvalue weighted by molar-refractivity contribution is -0.0776. The zero-order valence-electron chi connectivity index (χ0n) is 10.7. The molecule has 2 rings (SSSR count). The van der Waals surface area contributed by atoms with Crippen molar-refractivity contribution in [3.63, 3.8) is 0 Å². The fourth-order valence-corrected chi connectivity index (χ4v) is 3.15. The Hall–Kier alpha value is -1.12. The van der Waals surface area contributed by atoms with Crippen molar-refractivity contribution in [1.29, 1.82) is 0 Å². The third-order valence-electron chi connectivity index (χ3n) is 2.73. The van der Waals surface area contributed by atoms with Gasteiger partial charge >= 0.3 is 0 Å². The molecule has 1 aromatic carbocycles. The van der Waals surface area contributed by atoms with E-state index in [-0.39, 0.29) is 27.1 Å². The highest BCUT2D eigenvalue weighted by Crippen LogP contribution is 2.31. The molecule has 9 heteroatoms. The topological polar surface area (TPSA) is 90.4 Å². The van der Waals surface area contributed by atoms with Crippen LogP contribution < -0.4 is 11.3 Å². The van der Waals surface area contributed by atoms with Crippen LogP contribution in [0.5, 0.6) is 0 Å². The molecular formula is C12H10BrCl2N3O3. The van der Waals surface area contributed by atoms with Crippen LogP contribution >= 0.6 is 39.1 Å². The van der Waals surface area contributed by atoms with E-state index in [0.29, 0.717) is 4.47 Å². The summed E-state index contributed by atoms with van der Waals surface area (Å²) in [6, 6.07) is 3.16. The van der Waals surface area contributed by atoms with Crippen molar-refractivity contribution in [2.45, 2.75) is 6.29 Å². The van der Waals surface area contributed by atoms with Gasteiger partial charge in [-0.15, -0.1) is 0 Å². The van der Waals surface area contributed by atoms with Crippen LogP contribution in [0.2, 0.25) is 10.0 Å². The number of nitrogens with zero attached hydrogens (tertiary/aromatic N) is 2. The zero-order chi connectivity index (χ0) is 15.7. The zero-order valence-corrected chi connectivity index (χ0v) is 13.8. The summed E-state index contributed by atoms with van der Waals surface area (Å²) in [5.41, 5.74) is 5.04. The maximum Gasteiger partial charge on any atom is 0.268 e. The number of ether oxygens (including phenoxy) is 1. The number of hydrogen-bond donors (Lipinski definition) is 2. The average Bonchev–Trinajstić information content (AvgIpc) is 2.40. The van der Waals surface area contributed by atoms with Crippen molar-refractivity contribution in [1.82, 2.24) is 9.55 Å². The monoisotopic (exact) mass is 393 g/mol. The highest BCUT2D eigenvalue weighted by atomic mass is 79.9. The summed E-state index contributed by atoms with van der Waals surface area (Å²) in [7, 11) is 1.24. The van der Waals surface area contributed by atoms with Gasteiger partial charge in [-0.3, -0.25) is 9.36 Å². The standard InChI is InChI=1S/C12H10BrCl2N3O3/c1-21-12(20)8-10(16)17-4-18(11(8)19)9-6(14)2-5(13)3-7(9)15/h2-4,12,20H,16H2,1H3. The molecule has 0 spiro atoms. The van der Waals surface area contributed by atoms with Crippen LogP contribution in [0.25, 0.3) is 5.69 Å². The summed E-state index contributed by atoms with van der Waals surface area (Å²) in [5.74, 6) is -0.130. The summed E-state index contributed by atoms with van der Waals surface area (Å²) in [4.78, 5) is 16.3. The number of nitrogens with two attached hydrogens (primary N) is 1. The molecule has 1 heterocycles. The van der Waals surface area contributed by atoms with E-state index in [0.717, 1.165) is 4.57 Å². The highest BCUT2D eigenvalue weighted by molar-refractivity contribution is 9.10. The van der Waals surface area contributed by atoms with Crippen LogP contribution in [-0.2, 0) is 4.74 Å². The lowest BCUT2D eigenvalue weighted by Crippen LogP contribution is -2.27. The van der Waals surface area contributed by atoms with Gasteiger partial charge in [0.25, 0.3) is 5.56 Å². The minimum atomic E-state index is -1.49. The van der Waals surface area contributed by atoms with Gasteiger partial charge in [0.05, 0.1) is 15.7 Å². The van der Waals surface area contributed by atoms with E-state index < -0.39 is 11.8 Å². The number of aromatic nitrogens is 2. The highest BCUT2D eigenvalue weighted by Gasteiger charge is 2.20. The third-order valence-corrected chi connectivity index (χ3v) is 3.76. The van der Waals surface area contributed by atoms with Crippen molar-refractivity contribution >= 4 is 44.9 Å². The number of rotatable bonds is 3. The minimum absolute atomic E-state index is 0.130. The number of halogens is 3. The van der Waals surface area contributed by atoms with Crippen LogP contribution in [0, 0.1) is 0 Å². The fourth-order valence-electron chi connectivity index (χ4n) is 1.76. The Morgan fingerprint density at radius 3 is 2.52 bits per heavy atom. The second-order valence-electron chi connectivity index (χ2n) is 4.02. The number of hydrogen-bond acceptors (Lipinski definition) is 5. The SMILES string of the molecule is COC(O)c1c(N)ncn(-c2c(Cl)cc(Br)cc2Cl)c1=O. The first-order valence-corrected chi connectivity index (χ1v) is 7.14. The van der Waals surface area contributed by atoms with E-state index in [1.54, 1.807) is 12.1 Å². The maximum atomic E-state index is 12.5. The molecule has 0 radical (unpaired) electrons. The molecule has 0 bridgehead atoms. The first-order valence-electron chi connectivity index (χ1n) is 5.59. The van der Waals surface area contributed by atoms with E-state index in [1.165, 1.54) is 13.4 Å². The lowest BCUT2D eigenvalue weighted by Gasteiger charge is -2.15. The van der Waals surface area contributed by atoms with Crippen molar-refractivity contribution in [3.05, 3.63) is 48.9 Å². The molecule has 21 heavy (non-hydrogen) atoms. The second kappa shape index (κ2) is 6.33. The summed E-state index contributed by atoms with van der Waals surface area (Å²) in [6.07, 6.45) is -0.310. The molecule has 0 saturated carbocycles. The van der Waals surface area contributed by atoms with E-state index in [1.807, 2.05) is 0 Å². The van der Waals surface area contributed by atoms with Crippen LogP contribution in [-0.4, -0.2) is 21.8 Å². The van der Waals surface area contributed by atoms with Gasteiger partial charge in [0, 0.05) is 11.6 Å². The Bertz CT molecular complexity index is 728. The van der Waals surface area contributed by atoms with Crippen LogP contribution in [0.3, 0.4) is 0 Å². The molecule has 6 nitrogen and oxygen atoms in total. The van der Waals surface area contributed by atoms with Gasteiger partial charge in [-0.2, -0.15) is 0 Å². The van der Waals surface area contributed by atoms with Crippen molar-refractivity contribution < 1.29 is 9.84 Å². The smallest absolute Gasteiger partial charge is 0.268 e. The fraction of sp³-hybridized carbons (Fsp3) is 0.167. The van der Waals surface area contributed by atoms with Crippen molar-refractivity contribution in [3.8, 4) is 5.69 Å². The summed E-state index contributed by atoms with van der Waals surface area (Å²) >= 11 is 15.5. The van der Waals surface area contributed by atoms with Gasteiger partial charge in [-0.1, -0.05) is 39.1 Å². The first kappa shape index (κ1) is 16.3. The number of aliphatic hydroxyl groups is 1. The number of aliphatic hydroxyl groups excluding tert-OH is 1. The maximum absolute atomic E-state index is 12.5. The van der Waals surface area contributed by atoms with Crippen LogP contribution in [0.15, 0.2) is 27.7 Å². The first-order chi connectivity index (χ1) is 9.86. The molecular weight excluding hydrogens is 385 g/mol. The van der Waals surface area contributed by atoms with Crippen LogP contribution in [0.1, 0.15) is 11.9 Å². The van der Waals surface area contributed by atoms with Crippen LogP contribution in [0.4, 0.5) is 5.82 Å². The quantitative estimate of drug-likeness (QED) is 0.780. The molecule has 0 fully saturated rings. The Morgan fingerprint density at radius 1 is 1.43 bits per heavy atom. The molecule has 0 amide bonds. The van der Waals surface area contributed by atoms with Gasteiger partial charge in [-0.05, 0) is 12.1 Å². The van der Waals surface area contributed by atoms with Gasteiger partial charge in [0.1, 0.15) is 17.7 Å². The van der Waals surface area contributed by atoms with Crippen molar-refractivity contribution in [2.75, 3.05) is 12.8 Å². The van der Waals surface area contributed by atoms with E-state index in [2.05, 4.69) is 20.9 Å². The van der Waals surface area contributed by atoms with Gasteiger partial charge in [0.15, 0.2) is 6.29 Å². The molecule has 0 aliphatic carbocycles. The van der Waals surface area contributed by atoms with Gasteiger partial charge in [-0.25, -0.2) is 4.98 Å². The van der Waals surface area contributed by atoms with E-state index in [4.69, 9.17) is 33.7 Å². The predicted molar refractivity (Wildman–Crippen MR) is 83.9 cm³/mol. The molecule has 0 aliphatic heterocycles. The summed E-state index contributed by atoms with van der Waals surface area (Å²) in [5, 5.41) is 10.2. The second-order valence-corrected chi connectivity index (χ2v) is 5.75. The van der Waals surface area contributed by atoms with Crippen molar-refractivity contribution in [2.24, 2.45) is 0 Å². The number of nitrogen functional groups attached to an aromatic ring is 1. The normalized spacial score (nSPS) is 12.4. The van der Waals surface area contributed by atoms with Gasteiger partial charge in [0.2, 0.25) is 0 Å². The molecule has 112 valence electrons. The number of methoxy groups -OCH3 is 1. The van der Waals surface area contributed by atoms with E-state index >= 15 is 0 Å². The molecule has 1 unspecified atom stereocenters.